The molecule has 0 radical (unpaired) electrons. The molecule has 0 spiro atoms. The standard InChI is InChI=1S/C16H19NO5/c1-2-3-8-22-11(9-14(18)19)10-17-15(20)12-6-4-5-7-13(12)16(17)21/h4-7,11H,2-3,8-10H2,1H3,(H,18,19)/t11-/m0/s1. The molecular formula is C16H19NO5. The number of aliphatic carboxylic acids is 1. The van der Waals surface area contributed by atoms with E-state index in [1.54, 1.807) is 24.3 Å². The van der Waals surface area contributed by atoms with Crippen molar-refractivity contribution in [3.8, 4) is 0 Å². The highest BCUT2D eigenvalue weighted by Gasteiger charge is 2.36. The smallest absolute Gasteiger partial charge is 0.306 e. The fourth-order valence-electron chi connectivity index (χ4n) is 2.37. The molecule has 1 heterocycles. The molecule has 6 nitrogen and oxygen atoms in total. The van der Waals surface area contributed by atoms with E-state index in [1.807, 2.05) is 6.92 Å². The van der Waals surface area contributed by atoms with Crippen molar-refractivity contribution in [3.05, 3.63) is 35.4 Å². The third-order valence-corrected chi connectivity index (χ3v) is 3.52. The Balaban J connectivity index is 2.08. The Labute approximate surface area is 128 Å². The van der Waals surface area contributed by atoms with Crippen LogP contribution in [0.5, 0.6) is 0 Å². The lowest BCUT2D eigenvalue weighted by molar-refractivity contribution is -0.140. The van der Waals surface area contributed by atoms with Crippen LogP contribution in [0.1, 0.15) is 46.9 Å². The summed E-state index contributed by atoms with van der Waals surface area (Å²) in [6.45, 7) is 2.37. The van der Waals surface area contributed by atoms with Crippen LogP contribution in [0.25, 0.3) is 0 Å². The predicted octanol–water partition coefficient (Wildman–Crippen LogP) is 1.94. The number of amides is 2. The van der Waals surface area contributed by atoms with Crippen LogP contribution in [0.2, 0.25) is 0 Å². The van der Waals surface area contributed by atoms with Gasteiger partial charge in [0.15, 0.2) is 0 Å². The number of hydrogen-bond donors (Lipinski definition) is 1. The Kier molecular flexibility index (Phi) is 5.27. The Morgan fingerprint density at radius 3 is 2.32 bits per heavy atom. The van der Waals surface area contributed by atoms with Gasteiger partial charge >= 0.3 is 5.97 Å². The zero-order valence-corrected chi connectivity index (χ0v) is 12.4. The average Bonchev–Trinajstić information content (AvgIpc) is 2.72. The van der Waals surface area contributed by atoms with Gasteiger partial charge in [-0.3, -0.25) is 19.3 Å². The summed E-state index contributed by atoms with van der Waals surface area (Å²) in [6.07, 6.45) is 0.800. The fraction of sp³-hybridized carbons (Fsp3) is 0.438. The number of carboxylic acid groups (broad SMARTS) is 1. The molecule has 0 fully saturated rings. The molecule has 118 valence electrons. The quantitative estimate of drug-likeness (QED) is 0.586. The van der Waals surface area contributed by atoms with E-state index >= 15 is 0 Å². The number of carbonyl (C=O) groups is 3. The Bertz CT molecular complexity index is 549. The molecule has 0 unspecified atom stereocenters. The van der Waals surface area contributed by atoms with Gasteiger partial charge in [0.1, 0.15) is 0 Å². The maximum absolute atomic E-state index is 12.3. The molecule has 1 aliphatic rings. The Hall–Kier alpha value is -2.21. The van der Waals surface area contributed by atoms with E-state index in [1.165, 1.54) is 0 Å². The molecule has 0 aromatic heterocycles. The minimum atomic E-state index is -1.02. The van der Waals surface area contributed by atoms with Crippen molar-refractivity contribution in [2.24, 2.45) is 0 Å². The molecular weight excluding hydrogens is 286 g/mol. The summed E-state index contributed by atoms with van der Waals surface area (Å²) >= 11 is 0. The third-order valence-electron chi connectivity index (χ3n) is 3.52. The number of benzene rings is 1. The second-order valence-electron chi connectivity index (χ2n) is 5.21. The van der Waals surface area contributed by atoms with Gasteiger partial charge in [-0.05, 0) is 18.6 Å². The van der Waals surface area contributed by atoms with Gasteiger partial charge in [0, 0.05) is 6.61 Å². The first-order chi connectivity index (χ1) is 10.5. The number of nitrogens with zero attached hydrogens (tertiary/aromatic N) is 1. The van der Waals surface area contributed by atoms with Crippen LogP contribution in [-0.2, 0) is 9.53 Å². The summed E-state index contributed by atoms with van der Waals surface area (Å²) in [5, 5.41) is 8.95. The first-order valence-corrected chi connectivity index (χ1v) is 7.33. The van der Waals surface area contributed by atoms with Gasteiger partial charge in [-0.25, -0.2) is 0 Å². The number of unbranched alkanes of at least 4 members (excludes halogenated alkanes) is 1. The first-order valence-electron chi connectivity index (χ1n) is 7.33. The van der Waals surface area contributed by atoms with E-state index in [4.69, 9.17) is 9.84 Å². The monoisotopic (exact) mass is 305 g/mol. The highest BCUT2D eigenvalue weighted by atomic mass is 16.5. The number of carbonyl (C=O) groups excluding carboxylic acids is 2. The molecule has 0 bridgehead atoms. The van der Waals surface area contributed by atoms with Crippen LogP contribution in [0.3, 0.4) is 0 Å². The predicted molar refractivity (Wildman–Crippen MR) is 78.7 cm³/mol. The zero-order chi connectivity index (χ0) is 16.1. The van der Waals surface area contributed by atoms with Crippen LogP contribution >= 0.6 is 0 Å². The normalized spacial score (nSPS) is 15.0. The highest BCUT2D eigenvalue weighted by molar-refractivity contribution is 6.21. The van der Waals surface area contributed by atoms with E-state index in [0.717, 1.165) is 17.7 Å². The lowest BCUT2D eigenvalue weighted by Gasteiger charge is -2.21. The topological polar surface area (TPSA) is 83.9 Å². The molecule has 1 atom stereocenters. The van der Waals surface area contributed by atoms with Crippen molar-refractivity contribution in [2.75, 3.05) is 13.2 Å². The summed E-state index contributed by atoms with van der Waals surface area (Å²) < 4.78 is 5.52. The summed E-state index contributed by atoms with van der Waals surface area (Å²) in [5.41, 5.74) is 0.713. The van der Waals surface area contributed by atoms with E-state index in [9.17, 15) is 14.4 Å². The maximum Gasteiger partial charge on any atom is 0.306 e. The lowest BCUT2D eigenvalue weighted by Crippen LogP contribution is -2.39. The van der Waals surface area contributed by atoms with Gasteiger partial charge in [0.25, 0.3) is 11.8 Å². The van der Waals surface area contributed by atoms with E-state index in [-0.39, 0.29) is 13.0 Å². The average molecular weight is 305 g/mol. The number of hydrogen-bond acceptors (Lipinski definition) is 4. The van der Waals surface area contributed by atoms with Crippen molar-refractivity contribution in [2.45, 2.75) is 32.3 Å². The molecule has 1 N–H and O–H groups in total. The van der Waals surface area contributed by atoms with Gasteiger partial charge in [-0.1, -0.05) is 25.5 Å². The Morgan fingerprint density at radius 1 is 1.23 bits per heavy atom. The molecule has 22 heavy (non-hydrogen) atoms. The van der Waals surface area contributed by atoms with Crippen molar-refractivity contribution >= 4 is 17.8 Å². The van der Waals surface area contributed by atoms with Gasteiger partial charge in [-0.15, -0.1) is 0 Å². The largest absolute Gasteiger partial charge is 0.481 e. The number of imide groups is 1. The molecule has 6 heteroatoms. The van der Waals surface area contributed by atoms with Gasteiger partial charge in [0.2, 0.25) is 0 Å². The summed E-state index contributed by atoms with van der Waals surface area (Å²) in [4.78, 5) is 36.5. The number of fused-ring (bicyclic) bond motifs is 1. The van der Waals surface area contributed by atoms with E-state index in [2.05, 4.69) is 0 Å². The molecule has 0 aliphatic carbocycles. The van der Waals surface area contributed by atoms with Crippen LogP contribution in [0.4, 0.5) is 0 Å². The van der Waals surface area contributed by atoms with E-state index < -0.39 is 23.9 Å². The summed E-state index contributed by atoms with van der Waals surface area (Å²) in [7, 11) is 0. The minimum absolute atomic E-state index is 0.0393. The van der Waals surface area contributed by atoms with Gasteiger partial charge in [-0.2, -0.15) is 0 Å². The minimum Gasteiger partial charge on any atom is -0.481 e. The van der Waals surface area contributed by atoms with Crippen molar-refractivity contribution in [1.82, 2.24) is 4.90 Å². The fourth-order valence-corrected chi connectivity index (χ4v) is 2.37. The molecule has 0 saturated carbocycles. The molecule has 0 saturated heterocycles. The van der Waals surface area contributed by atoms with Crippen molar-refractivity contribution in [1.29, 1.82) is 0 Å². The maximum atomic E-state index is 12.3. The van der Waals surface area contributed by atoms with Gasteiger partial charge < -0.3 is 9.84 Å². The summed E-state index contributed by atoms with van der Waals surface area (Å²) in [6, 6.07) is 6.58. The number of rotatable bonds is 8. The van der Waals surface area contributed by atoms with Crippen LogP contribution in [0, 0.1) is 0 Å². The summed E-state index contributed by atoms with van der Waals surface area (Å²) in [5.74, 6) is -1.80. The molecule has 1 aromatic rings. The molecule has 2 rings (SSSR count). The number of carboxylic acids is 1. The zero-order valence-electron chi connectivity index (χ0n) is 12.4. The number of ether oxygens (including phenoxy) is 1. The van der Waals surface area contributed by atoms with Crippen LogP contribution < -0.4 is 0 Å². The Morgan fingerprint density at radius 2 is 1.82 bits per heavy atom. The van der Waals surface area contributed by atoms with Crippen molar-refractivity contribution in [3.63, 3.8) is 0 Å². The van der Waals surface area contributed by atoms with Crippen molar-refractivity contribution < 1.29 is 24.2 Å². The molecule has 1 aromatic carbocycles. The second kappa shape index (κ2) is 7.17. The van der Waals surface area contributed by atoms with Gasteiger partial charge in [0.05, 0.1) is 30.2 Å². The van der Waals surface area contributed by atoms with E-state index in [0.29, 0.717) is 17.7 Å². The molecule has 1 aliphatic heterocycles. The second-order valence-corrected chi connectivity index (χ2v) is 5.21. The molecule has 2 amide bonds. The lowest BCUT2D eigenvalue weighted by atomic mass is 10.1. The third kappa shape index (κ3) is 3.51. The highest BCUT2D eigenvalue weighted by Crippen LogP contribution is 2.23. The van der Waals surface area contributed by atoms with Crippen LogP contribution in [0.15, 0.2) is 24.3 Å². The SMILES string of the molecule is CCCCO[C@@H](CC(=O)O)CN1C(=O)c2ccccc2C1=O. The first kappa shape index (κ1) is 16.2. The van der Waals surface area contributed by atoms with Crippen LogP contribution in [-0.4, -0.2) is 47.0 Å².